The Morgan fingerprint density at radius 2 is 2.00 bits per heavy atom. The van der Waals surface area contributed by atoms with E-state index in [0.717, 1.165) is 17.4 Å². The lowest BCUT2D eigenvalue weighted by atomic mass is 9.52. The minimum Gasteiger partial charge on any atom is -0.477 e. The molecule has 4 aliphatic rings. The number of ether oxygens (including phenoxy) is 1. The van der Waals surface area contributed by atoms with Crippen molar-refractivity contribution in [1.82, 2.24) is 10.7 Å². The van der Waals surface area contributed by atoms with E-state index in [1.165, 1.54) is 0 Å². The number of aliphatic hydroxyl groups excluding tert-OH is 1. The van der Waals surface area contributed by atoms with E-state index in [1.54, 1.807) is 12.1 Å². The molecule has 3 unspecified atom stereocenters. The second-order valence-corrected chi connectivity index (χ2v) is 12.1. The summed E-state index contributed by atoms with van der Waals surface area (Å²) in [6, 6.07) is 2.55. The summed E-state index contributed by atoms with van der Waals surface area (Å²) < 4.78 is 36.9. The predicted molar refractivity (Wildman–Crippen MR) is 134 cm³/mol. The number of hydrogen-bond acceptors (Lipinski definition) is 8. The minimum absolute atomic E-state index is 0.120. The van der Waals surface area contributed by atoms with Gasteiger partial charge in [0.15, 0.2) is 17.6 Å². The quantitative estimate of drug-likeness (QED) is 0.343. The van der Waals surface area contributed by atoms with Crippen molar-refractivity contribution in [2.45, 2.75) is 45.9 Å². The van der Waals surface area contributed by atoms with Gasteiger partial charge in [0, 0.05) is 16.9 Å². The first-order valence-corrected chi connectivity index (χ1v) is 13.4. The van der Waals surface area contributed by atoms with Gasteiger partial charge in [-0.2, -0.15) is 13.5 Å². The molecule has 0 aromatic heterocycles. The van der Waals surface area contributed by atoms with Gasteiger partial charge in [0.05, 0.1) is 17.4 Å². The number of nitrogens with one attached hydrogen (secondary N) is 2. The number of nitrogens with zero attached hydrogens (tertiary/aromatic N) is 1. The molecule has 0 fully saturated rings. The summed E-state index contributed by atoms with van der Waals surface area (Å²) in [5, 5.41) is 17.3. The van der Waals surface area contributed by atoms with Crippen molar-refractivity contribution in [1.29, 1.82) is 0 Å². The zero-order chi connectivity index (χ0) is 27.1. The van der Waals surface area contributed by atoms with E-state index in [2.05, 4.69) is 15.8 Å². The Morgan fingerprint density at radius 1 is 1.30 bits per heavy atom. The van der Waals surface area contributed by atoms with Gasteiger partial charge in [-0.25, -0.2) is 10.2 Å². The largest absolute Gasteiger partial charge is 0.477 e. The molecule has 2 aliphatic carbocycles. The molecule has 2 heterocycles. The van der Waals surface area contributed by atoms with Gasteiger partial charge in [-0.15, -0.1) is 0 Å². The van der Waals surface area contributed by atoms with E-state index in [1.807, 2.05) is 45.9 Å². The Balaban J connectivity index is 1.83. The summed E-state index contributed by atoms with van der Waals surface area (Å²) in [5.74, 6) is -0.185. The fourth-order valence-corrected chi connectivity index (χ4v) is 6.35. The van der Waals surface area contributed by atoms with Crippen molar-refractivity contribution < 1.29 is 32.0 Å². The third-order valence-corrected chi connectivity index (χ3v) is 8.30. The average molecular weight is 529 g/mol. The van der Waals surface area contributed by atoms with Gasteiger partial charge in [-0.1, -0.05) is 44.6 Å². The van der Waals surface area contributed by atoms with Crippen molar-refractivity contribution in [3.05, 3.63) is 64.0 Å². The number of hydrazone groups is 1. The van der Waals surface area contributed by atoms with Crippen LogP contribution in [0.5, 0.6) is 5.75 Å². The monoisotopic (exact) mass is 528 g/mol. The van der Waals surface area contributed by atoms with Crippen LogP contribution in [0.1, 0.15) is 55.4 Å². The van der Waals surface area contributed by atoms with Crippen LogP contribution in [-0.4, -0.2) is 43.0 Å². The SMILES string of the molecule is CC1=CC=C2C(C)(C)C(=NNC(N)=O)C(OS(C)(=O)=O)=CC23Oc2c(ccc4c2C(O)NC4=O)CC13C. The molecular formula is C25H28N4O7S. The van der Waals surface area contributed by atoms with Crippen LogP contribution in [0.15, 0.2) is 52.4 Å². The van der Waals surface area contributed by atoms with E-state index < -0.39 is 44.7 Å². The van der Waals surface area contributed by atoms with Crippen LogP contribution in [0.3, 0.4) is 0 Å². The van der Waals surface area contributed by atoms with Crippen molar-refractivity contribution in [3.63, 3.8) is 0 Å². The standard InChI is InChI=1S/C25H28N4O7S/c1-12-6-9-16-23(2,3)19(28-29-22(26)32)15(36-37(5,33)34)11-25(16)24(12,4)10-13-7-8-14-17(18(13)35-25)21(31)27-20(14)30/h6-9,11,21,31H,10H2,1-5H3,(H,27,30)(H3,26,29,32). The van der Waals surface area contributed by atoms with E-state index in [4.69, 9.17) is 14.7 Å². The first kappa shape index (κ1) is 25.0. The Labute approximate surface area is 214 Å². The van der Waals surface area contributed by atoms with Crippen molar-refractivity contribution in [3.8, 4) is 5.75 Å². The number of hydrogen-bond donors (Lipinski definition) is 4. The molecule has 2 aliphatic heterocycles. The van der Waals surface area contributed by atoms with Gasteiger partial charge in [-0.3, -0.25) is 4.79 Å². The van der Waals surface area contributed by atoms with Crippen LogP contribution in [0, 0.1) is 10.8 Å². The van der Waals surface area contributed by atoms with Crippen molar-refractivity contribution in [2.24, 2.45) is 21.7 Å². The maximum atomic E-state index is 12.4. The van der Waals surface area contributed by atoms with Crippen molar-refractivity contribution >= 4 is 27.8 Å². The topological polar surface area (TPSA) is 169 Å². The molecule has 37 heavy (non-hydrogen) atoms. The molecule has 0 saturated carbocycles. The zero-order valence-electron chi connectivity index (χ0n) is 21.0. The van der Waals surface area contributed by atoms with Crippen LogP contribution < -0.4 is 21.2 Å². The normalized spacial score (nSPS) is 30.3. The molecular weight excluding hydrogens is 500 g/mol. The van der Waals surface area contributed by atoms with Crippen LogP contribution in [0.2, 0.25) is 0 Å². The Kier molecular flexibility index (Phi) is 5.20. The number of allylic oxidation sites excluding steroid dienone is 3. The molecule has 12 heteroatoms. The number of carbonyl (C=O) groups excluding carboxylic acids is 2. The lowest BCUT2D eigenvalue weighted by molar-refractivity contribution is 0.00501. The lowest BCUT2D eigenvalue weighted by Crippen LogP contribution is -2.62. The predicted octanol–water partition coefficient (Wildman–Crippen LogP) is 1.91. The summed E-state index contributed by atoms with van der Waals surface area (Å²) in [6.45, 7) is 7.59. The highest BCUT2D eigenvalue weighted by Crippen LogP contribution is 2.62. The number of rotatable bonds is 3. The number of primary amides is 1. The molecule has 3 amide bonds. The summed E-state index contributed by atoms with van der Waals surface area (Å²) in [7, 11) is -4.02. The van der Waals surface area contributed by atoms with Gasteiger partial charge in [0.25, 0.3) is 5.91 Å². The summed E-state index contributed by atoms with van der Waals surface area (Å²) in [4.78, 5) is 23.9. The molecule has 0 bridgehead atoms. The molecule has 1 aromatic carbocycles. The smallest absolute Gasteiger partial charge is 0.332 e. The molecule has 3 atom stereocenters. The molecule has 0 radical (unpaired) electrons. The second kappa shape index (κ2) is 7.68. The number of nitrogens with two attached hydrogens (primary N) is 1. The lowest BCUT2D eigenvalue weighted by Gasteiger charge is -2.58. The number of carbonyl (C=O) groups is 2. The van der Waals surface area contributed by atoms with Gasteiger partial charge in [0.2, 0.25) is 0 Å². The van der Waals surface area contributed by atoms with Gasteiger partial charge in [-0.05, 0) is 30.5 Å². The molecule has 0 saturated heterocycles. The Morgan fingerprint density at radius 3 is 2.65 bits per heavy atom. The Bertz CT molecular complexity index is 1500. The number of urea groups is 1. The number of fused-ring (bicyclic) bond motifs is 3. The fourth-order valence-electron chi connectivity index (χ4n) is 5.89. The van der Waals surface area contributed by atoms with Gasteiger partial charge >= 0.3 is 16.1 Å². The first-order chi connectivity index (χ1) is 17.1. The number of benzene rings is 1. The number of amides is 3. The maximum absolute atomic E-state index is 12.4. The average Bonchev–Trinajstić information content (AvgIpc) is 3.05. The van der Waals surface area contributed by atoms with E-state index in [9.17, 15) is 23.1 Å². The van der Waals surface area contributed by atoms with Crippen LogP contribution >= 0.6 is 0 Å². The van der Waals surface area contributed by atoms with Gasteiger partial charge in [0.1, 0.15) is 11.5 Å². The van der Waals surface area contributed by atoms with Crippen molar-refractivity contribution in [2.75, 3.05) is 6.26 Å². The molecule has 11 nitrogen and oxygen atoms in total. The number of aliphatic hydroxyl groups is 1. The molecule has 1 spiro atoms. The molecule has 1 aromatic rings. The van der Waals surface area contributed by atoms with E-state index in [-0.39, 0.29) is 11.5 Å². The van der Waals surface area contributed by atoms with E-state index in [0.29, 0.717) is 28.9 Å². The fraction of sp³-hybridized carbons (Fsp3) is 0.400. The summed E-state index contributed by atoms with van der Waals surface area (Å²) in [6.07, 6.45) is 5.54. The van der Waals surface area contributed by atoms with Crippen LogP contribution in [0.25, 0.3) is 0 Å². The van der Waals surface area contributed by atoms with Crippen LogP contribution in [-0.2, 0) is 20.7 Å². The first-order valence-electron chi connectivity index (χ1n) is 11.6. The van der Waals surface area contributed by atoms with Crippen LogP contribution in [0.4, 0.5) is 4.79 Å². The highest BCUT2D eigenvalue weighted by atomic mass is 32.2. The summed E-state index contributed by atoms with van der Waals surface area (Å²) >= 11 is 0. The maximum Gasteiger partial charge on any atom is 0.332 e. The molecule has 196 valence electrons. The highest BCUT2D eigenvalue weighted by molar-refractivity contribution is 7.86. The second-order valence-electron chi connectivity index (χ2n) is 10.5. The zero-order valence-corrected chi connectivity index (χ0v) is 21.8. The molecule has 5 rings (SSSR count). The van der Waals surface area contributed by atoms with E-state index >= 15 is 0 Å². The highest BCUT2D eigenvalue weighted by Gasteiger charge is 2.63. The third kappa shape index (κ3) is 3.50. The van der Waals surface area contributed by atoms with Gasteiger partial charge < -0.3 is 25.1 Å². The Hall–Kier alpha value is -3.64. The molecule has 5 N–H and O–H groups in total. The minimum atomic E-state index is -4.02. The third-order valence-electron chi connectivity index (χ3n) is 7.81. The summed E-state index contributed by atoms with van der Waals surface area (Å²) in [5.41, 5.74) is 7.65.